The molecule has 0 amide bonds. The van der Waals surface area contributed by atoms with E-state index < -0.39 is 11.6 Å². The second kappa shape index (κ2) is 4.92. The van der Waals surface area contributed by atoms with Crippen LogP contribution in [0.3, 0.4) is 0 Å². The van der Waals surface area contributed by atoms with Crippen molar-refractivity contribution in [1.29, 1.82) is 0 Å². The number of esters is 1. The highest BCUT2D eigenvalue weighted by molar-refractivity contribution is 5.78. The lowest BCUT2D eigenvalue weighted by molar-refractivity contribution is -0.163. The maximum Gasteiger partial charge on any atom is 0.338 e. The van der Waals surface area contributed by atoms with Gasteiger partial charge in [0.25, 0.3) is 0 Å². The van der Waals surface area contributed by atoms with Crippen LogP contribution in [0.2, 0.25) is 0 Å². The molecule has 0 aromatic heterocycles. The zero-order valence-electron chi connectivity index (χ0n) is 11.5. The van der Waals surface area contributed by atoms with Crippen LogP contribution in [0.25, 0.3) is 0 Å². The van der Waals surface area contributed by atoms with Crippen molar-refractivity contribution < 1.29 is 14.6 Å². The minimum Gasteiger partial charge on any atom is -0.467 e. The molecule has 1 aliphatic heterocycles. The van der Waals surface area contributed by atoms with E-state index in [1.165, 1.54) is 14.0 Å². The third-order valence-corrected chi connectivity index (χ3v) is 3.55. The van der Waals surface area contributed by atoms with E-state index in [4.69, 9.17) is 0 Å². The van der Waals surface area contributed by atoms with E-state index in [0.29, 0.717) is 6.54 Å². The van der Waals surface area contributed by atoms with Crippen molar-refractivity contribution >= 4 is 5.97 Å². The lowest BCUT2D eigenvalue weighted by atomic mass is 9.97. The minimum absolute atomic E-state index is 0.0600. The molecular formula is C12H24N2O3. The first kappa shape index (κ1) is 14.4. The van der Waals surface area contributed by atoms with Gasteiger partial charge in [0.2, 0.25) is 0 Å². The van der Waals surface area contributed by atoms with Crippen LogP contribution in [0.5, 0.6) is 0 Å². The number of carbonyl (C=O) groups excluding carboxylic acids is 1. The number of ether oxygens (including phenoxy) is 1. The molecule has 1 heterocycles. The van der Waals surface area contributed by atoms with Gasteiger partial charge in [-0.2, -0.15) is 0 Å². The van der Waals surface area contributed by atoms with Gasteiger partial charge >= 0.3 is 5.97 Å². The van der Waals surface area contributed by atoms with Crippen LogP contribution < -0.4 is 0 Å². The molecule has 0 aromatic carbocycles. The molecular weight excluding hydrogens is 220 g/mol. The van der Waals surface area contributed by atoms with Gasteiger partial charge in [0.15, 0.2) is 5.60 Å². The van der Waals surface area contributed by atoms with Crippen LogP contribution in [0.1, 0.15) is 20.8 Å². The van der Waals surface area contributed by atoms with Crippen LogP contribution in [0.15, 0.2) is 0 Å². The highest BCUT2D eigenvalue weighted by atomic mass is 16.5. The molecule has 100 valence electrons. The molecule has 5 nitrogen and oxygen atoms in total. The summed E-state index contributed by atoms with van der Waals surface area (Å²) >= 11 is 0. The Morgan fingerprint density at radius 2 is 2.06 bits per heavy atom. The molecule has 0 radical (unpaired) electrons. The Morgan fingerprint density at radius 1 is 1.47 bits per heavy atom. The summed E-state index contributed by atoms with van der Waals surface area (Å²) in [6, 6.07) is 0. The fourth-order valence-corrected chi connectivity index (χ4v) is 2.20. The van der Waals surface area contributed by atoms with E-state index in [9.17, 15) is 9.90 Å². The number of β-amino-alcohol motifs (C(OH)–C–C–N with tert-alkyl or cyclic N) is 1. The Morgan fingerprint density at radius 3 is 2.53 bits per heavy atom. The summed E-state index contributed by atoms with van der Waals surface area (Å²) in [5.41, 5.74) is -1.37. The minimum atomic E-state index is -1.43. The number of nitrogens with zero attached hydrogens (tertiary/aromatic N) is 2. The highest BCUT2D eigenvalue weighted by Gasteiger charge is 2.38. The van der Waals surface area contributed by atoms with Crippen molar-refractivity contribution in [2.24, 2.45) is 0 Å². The number of hydrogen-bond acceptors (Lipinski definition) is 5. The molecule has 0 saturated carbocycles. The average molecular weight is 244 g/mol. The molecule has 1 rings (SSSR count). The Kier molecular flexibility index (Phi) is 4.17. The number of carbonyl (C=O) groups is 1. The predicted octanol–water partition coefficient (Wildman–Crippen LogP) is -0.0636. The zero-order valence-corrected chi connectivity index (χ0v) is 11.5. The molecule has 0 bridgehead atoms. The largest absolute Gasteiger partial charge is 0.467 e. The summed E-state index contributed by atoms with van der Waals surface area (Å²) in [5, 5.41) is 10.0. The van der Waals surface area contributed by atoms with Crippen LogP contribution in [0.4, 0.5) is 0 Å². The van der Waals surface area contributed by atoms with Crippen molar-refractivity contribution in [3.63, 3.8) is 0 Å². The average Bonchev–Trinajstić information content (AvgIpc) is 2.21. The van der Waals surface area contributed by atoms with Gasteiger partial charge < -0.3 is 9.84 Å². The summed E-state index contributed by atoms with van der Waals surface area (Å²) in [5.74, 6) is -0.575. The molecule has 1 saturated heterocycles. The molecule has 1 unspecified atom stereocenters. The summed E-state index contributed by atoms with van der Waals surface area (Å²) in [7, 11) is 3.39. The number of rotatable bonds is 3. The van der Waals surface area contributed by atoms with Gasteiger partial charge in [-0.3, -0.25) is 9.80 Å². The third-order valence-electron chi connectivity index (χ3n) is 3.55. The molecule has 1 N–H and O–H groups in total. The van der Waals surface area contributed by atoms with Gasteiger partial charge in [0, 0.05) is 31.7 Å². The molecule has 0 aromatic rings. The maximum atomic E-state index is 11.4. The summed E-state index contributed by atoms with van der Waals surface area (Å²) in [6.07, 6.45) is 0. The fourth-order valence-electron chi connectivity index (χ4n) is 2.20. The highest BCUT2D eigenvalue weighted by Crippen LogP contribution is 2.20. The van der Waals surface area contributed by atoms with Gasteiger partial charge in [0.1, 0.15) is 0 Å². The van der Waals surface area contributed by atoms with Gasteiger partial charge in [0.05, 0.1) is 7.11 Å². The first-order valence-electron chi connectivity index (χ1n) is 5.93. The standard InChI is InChI=1S/C12H24N2O3/c1-11(2)8-14(7-6-13(11)4)9-12(3,16)10(15)17-5/h16H,6-9H2,1-5H3. The van der Waals surface area contributed by atoms with Crippen LogP contribution >= 0.6 is 0 Å². The molecule has 1 aliphatic rings. The van der Waals surface area contributed by atoms with Crippen molar-refractivity contribution in [3.05, 3.63) is 0 Å². The summed E-state index contributed by atoms with van der Waals surface area (Å²) in [4.78, 5) is 15.8. The zero-order chi connectivity index (χ0) is 13.3. The monoisotopic (exact) mass is 244 g/mol. The maximum absolute atomic E-state index is 11.4. The van der Waals surface area contributed by atoms with Crippen LogP contribution in [0, 0.1) is 0 Å². The number of aliphatic hydroxyl groups is 1. The van der Waals surface area contributed by atoms with Crippen LogP contribution in [-0.2, 0) is 9.53 Å². The van der Waals surface area contributed by atoms with E-state index in [2.05, 4.69) is 35.4 Å². The van der Waals surface area contributed by atoms with Crippen molar-refractivity contribution in [2.75, 3.05) is 40.3 Å². The molecule has 1 fully saturated rings. The molecule has 17 heavy (non-hydrogen) atoms. The van der Waals surface area contributed by atoms with E-state index >= 15 is 0 Å². The lowest BCUT2D eigenvalue weighted by Gasteiger charge is -2.46. The summed E-state index contributed by atoms with van der Waals surface area (Å²) < 4.78 is 4.60. The molecule has 0 aliphatic carbocycles. The molecule has 5 heteroatoms. The smallest absolute Gasteiger partial charge is 0.338 e. The van der Waals surface area contributed by atoms with Gasteiger partial charge in [-0.1, -0.05) is 0 Å². The lowest BCUT2D eigenvalue weighted by Crippen LogP contribution is -2.60. The first-order valence-corrected chi connectivity index (χ1v) is 5.93. The second-order valence-corrected chi connectivity index (χ2v) is 5.71. The van der Waals surface area contributed by atoms with Crippen molar-refractivity contribution in [2.45, 2.75) is 31.9 Å². The van der Waals surface area contributed by atoms with E-state index in [1.807, 2.05) is 0 Å². The number of methoxy groups -OCH3 is 1. The fraction of sp³-hybridized carbons (Fsp3) is 0.917. The molecule has 1 atom stereocenters. The first-order chi connectivity index (χ1) is 7.69. The van der Waals surface area contributed by atoms with Crippen molar-refractivity contribution in [1.82, 2.24) is 9.80 Å². The third kappa shape index (κ3) is 3.40. The Hall–Kier alpha value is -0.650. The summed E-state index contributed by atoms with van der Waals surface area (Å²) in [6.45, 7) is 8.76. The van der Waals surface area contributed by atoms with E-state index in [0.717, 1.165) is 19.6 Å². The quantitative estimate of drug-likeness (QED) is 0.705. The van der Waals surface area contributed by atoms with Gasteiger partial charge in [-0.05, 0) is 27.8 Å². The van der Waals surface area contributed by atoms with E-state index in [1.54, 1.807) is 0 Å². The van der Waals surface area contributed by atoms with E-state index in [-0.39, 0.29) is 5.54 Å². The predicted molar refractivity (Wildman–Crippen MR) is 65.8 cm³/mol. The SMILES string of the molecule is COC(=O)C(C)(O)CN1CCN(C)C(C)(C)C1. The van der Waals surface area contributed by atoms with Gasteiger partial charge in [-0.25, -0.2) is 4.79 Å². The number of hydrogen-bond donors (Lipinski definition) is 1. The van der Waals surface area contributed by atoms with Gasteiger partial charge in [-0.15, -0.1) is 0 Å². The number of likely N-dealkylation sites (N-methyl/N-ethyl adjacent to an activating group) is 1. The Labute approximate surface area is 103 Å². The number of piperazine rings is 1. The molecule has 0 spiro atoms. The topological polar surface area (TPSA) is 53.0 Å². The van der Waals surface area contributed by atoms with Crippen molar-refractivity contribution in [3.8, 4) is 0 Å². The normalized spacial score (nSPS) is 25.3. The second-order valence-electron chi connectivity index (χ2n) is 5.71. The Bertz CT molecular complexity index is 289. The van der Waals surface area contributed by atoms with Crippen LogP contribution in [-0.4, -0.2) is 72.4 Å². The Balaban J connectivity index is 2.62.